The molecular weight excluding hydrogens is 459 g/mol. The van der Waals surface area contributed by atoms with Crippen LogP contribution in [0, 0.1) is 0 Å². The minimum atomic E-state index is -4.21. The molecule has 3 aromatic carbocycles. The number of aromatic nitrogens is 1. The number of rotatable bonds is 4. The zero-order valence-corrected chi connectivity index (χ0v) is 18.4. The van der Waals surface area contributed by atoms with Crippen LogP contribution in [-0.2, 0) is 24.0 Å². The van der Waals surface area contributed by atoms with Gasteiger partial charge in [-0.25, -0.2) is 4.21 Å². The molecule has 0 radical (unpaired) electrons. The fourth-order valence-corrected chi connectivity index (χ4v) is 5.38. The van der Waals surface area contributed by atoms with Crippen LogP contribution in [0.4, 0.5) is 18.9 Å². The van der Waals surface area contributed by atoms with Crippen molar-refractivity contribution in [1.29, 1.82) is 0 Å². The molecule has 1 aliphatic rings. The lowest BCUT2D eigenvalue weighted by Gasteiger charge is -2.27. The summed E-state index contributed by atoms with van der Waals surface area (Å²) in [5.74, 6) is 0. The first-order chi connectivity index (χ1) is 15.3. The smallest absolute Gasteiger partial charge is 0.357 e. The Hall–Kier alpha value is -2.55. The molecule has 1 aliphatic heterocycles. The van der Waals surface area contributed by atoms with E-state index in [0.29, 0.717) is 28.6 Å². The van der Waals surface area contributed by atoms with Gasteiger partial charge in [0, 0.05) is 45.8 Å². The second kappa shape index (κ2) is 8.10. The Morgan fingerprint density at radius 3 is 2.75 bits per heavy atom. The first-order valence-corrected chi connectivity index (χ1v) is 11.6. The number of benzene rings is 3. The third kappa shape index (κ3) is 4.22. The summed E-state index contributed by atoms with van der Waals surface area (Å²) in [6.45, 7) is -0.328. The number of halogens is 4. The molecule has 4 aromatic rings. The van der Waals surface area contributed by atoms with Crippen LogP contribution >= 0.6 is 11.6 Å². The van der Waals surface area contributed by atoms with Crippen LogP contribution in [0.15, 0.2) is 59.5 Å². The van der Waals surface area contributed by atoms with Gasteiger partial charge in [0.2, 0.25) is 0 Å². The van der Waals surface area contributed by atoms with Crippen LogP contribution in [0.25, 0.3) is 21.7 Å². The molecule has 5 rings (SSSR count). The lowest BCUT2D eigenvalue weighted by Crippen LogP contribution is -2.37. The number of nitrogens with zero attached hydrogens (tertiary/aromatic N) is 1. The van der Waals surface area contributed by atoms with Gasteiger partial charge in [-0.3, -0.25) is 4.90 Å². The van der Waals surface area contributed by atoms with Crippen molar-refractivity contribution in [2.75, 3.05) is 17.8 Å². The maximum atomic E-state index is 12.9. The zero-order valence-electron chi connectivity index (χ0n) is 16.8. The highest BCUT2D eigenvalue weighted by atomic mass is 35.5. The van der Waals surface area contributed by atoms with Gasteiger partial charge < -0.3 is 9.71 Å². The second-order valence-electron chi connectivity index (χ2n) is 7.91. The van der Waals surface area contributed by atoms with Crippen LogP contribution < -0.4 is 4.72 Å². The van der Waals surface area contributed by atoms with E-state index in [2.05, 4.69) is 9.71 Å². The fraction of sp³-hybridized carbons (Fsp3) is 0.217. The molecule has 166 valence electrons. The Bertz CT molecular complexity index is 1350. The van der Waals surface area contributed by atoms with Gasteiger partial charge in [0.25, 0.3) is 0 Å². The predicted octanol–water partition coefficient (Wildman–Crippen LogP) is 6.03. The molecule has 2 N–H and O–H groups in total. The number of alkyl halides is 3. The van der Waals surface area contributed by atoms with E-state index in [9.17, 15) is 17.4 Å². The number of aromatic amines is 1. The summed E-state index contributed by atoms with van der Waals surface area (Å²) in [6.07, 6.45) is -3.68. The number of anilines is 1. The third-order valence-corrected chi connectivity index (χ3v) is 7.11. The normalized spacial score (nSPS) is 15.8. The molecule has 4 nitrogen and oxygen atoms in total. The molecule has 0 saturated carbocycles. The summed E-state index contributed by atoms with van der Waals surface area (Å²) in [5.41, 5.74) is 3.37. The van der Waals surface area contributed by atoms with Gasteiger partial charge >= 0.3 is 6.18 Å². The highest BCUT2D eigenvalue weighted by Crippen LogP contribution is 2.32. The molecule has 0 spiro atoms. The summed E-state index contributed by atoms with van der Waals surface area (Å²) in [4.78, 5) is 5.27. The van der Waals surface area contributed by atoms with Gasteiger partial charge in [0.05, 0.1) is 11.4 Å². The molecule has 1 unspecified atom stereocenters. The van der Waals surface area contributed by atoms with E-state index in [1.165, 1.54) is 4.90 Å². The molecule has 0 saturated heterocycles. The van der Waals surface area contributed by atoms with Gasteiger partial charge in [-0.2, -0.15) is 13.2 Å². The van der Waals surface area contributed by atoms with E-state index in [1.54, 1.807) is 6.07 Å². The van der Waals surface area contributed by atoms with Crippen molar-refractivity contribution >= 4 is 49.9 Å². The first kappa shape index (κ1) is 21.3. The molecule has 0 aliphatic carbocycles. The first-order valence-electron chi connectivity index (χ1n) is 10.1. The molecule has 0 bridgehead atoms. The highest BCUT2D eigenvalue weighted by Gasteiger charge is 2.32. The van der Waals surface area contributed by atoms with Gasteiger partial charge in [-0.15, -0.1) is 0 Å². The Balaban J connectivity index is 1.38. The van der Waals surface area contributed by atoms with Crippen molar-refractivity contribution in [1.82, 2.24) is 9.88 Å². The minimum Gasteiger partial charge on any atom is -0.357 e. The van der Waals surface area contributed by atoms with E-state index < -0.39 is 23.7 Å². The number of hydrogen-bond donors (Lipinski definition) is 2. The number of H-pyrrole nitrogens is 1. The summed E-state index contributed by atoms with van der Waals surface area (Å²) >= 11 is 6.21. The summed E-state index contributed by atoms with van der Waals surface area (Å²) < 4.78 is 54.2. The highest BCUT2D eigenvalue weighted by molar-refractivity contribution is 7.86. The lowest BCUT2D eigenvalue weighted by atomic mass is 10.0. The molecule has 9 heteroatoms. The van der Waals surface area contributed by atoms with Crippen LogP contribution in [0.2, 0.25) is 5.02 Å². The summed E-state index contributed by atoms with van der Waals surface area (Å²) in [7, 11) is -1.48. The van der Waals surface area contributed by atoms with Crippen LogP contribution in [0.5, 0.6) is 0 Å². The Labute approximate surface area is 189 Å². The van der Waals surface area contributed by atoms with Crippen LogP contribution in [0.1, 0.15) is 11.3 Å². The zero-order chi connectivity index (χ0) is 22.5. The maximum absolute atomic E-state index is 12.9. The largest absolute Gasteiger partial charge is 0.401 e. The van der Waals surface area contributed by atoms with Crippen molar-refractivity contribution in [2.24, 2.45) is 0 Å². The van der Waals surface area contributed by atoms with Crippen molar-refractivity contribution < 1.29 is 17.4 Å². The average Bonchev–Trinajstić information content (AvgIpc) is 3.09. The van der Waals surface area contributed by atoms with E-state index >= 15 is 0 Å². The number of fused-ring (bicyclic) bond motifs is 4. The third-order valence-electron chi connectivity index (χ3n) is 5.68. The van der Waals surface area contributed by atoms with Gasteiger partial charge in [0.15, 0.2) is 0 Å². The van der Waals surface area contributed by atoms with Crippen molar-refractivity contribution in [3.05, 3.63) is 70.9 Å². The molecular formula is C23H19ClF3N3OS. The van der Waals surface area contributed by atoms with Crippen molar-refractivity contribution in [3.8, 4) is 0 Å². The maximum Gasteiger partial charge on any atom is 0.401 e. The standard InChI is InChI=1S/C23H19ClF3N3OS/c24-20-3-1-2-14-10-16(5-6-17(14)20)32(31)29-15-4-7-21-19(11-15)18-8-9-30(12-22(18)28-21)13-23(25,26)27/h1-7,10-11,28-29H,8-9,12-13H2. The Morgan fingerprint density at radius 1 is 1.09 bits per heavy atom. The predicted molar refractivity (Wildman–Crippen MR) is 122 cm³/mol. The van der Waals surface area contributed by atoms with Crippen LogP contribution in [0.3, 0.4) is 0 Å². The SMILES string of the molecule is O=S(Nc1ccc2[nH]c3c(c2c1)CCN(CC(F)(F)F)C3)c1ccc2c(Cl)cccc2c1. The van der Waals surface area contributed by atoms with Crippen molar-refractivity contribution in [3.63, 3.8) is 0 Å². The Morgan fingerprint density at radius 2 is 1.94 bits per heavy atom. The average molecular weight is 478 g/mol. The molecule has 1 aromatic heterocycles. The van der Waals surface area contributed by atoms with Gasteiger partial charge in [-0.05, 0) is 53.8 Å². The summed E-state index contributed by atoms with van der Waals surface area (Å²) in [5, 5.41) is 3.39. The molecule has 32 heavy (non-hydrogen) atoms. The van der Waals surface area contributed by atoms with Crippen LogP contribution in [-0.4, -0.2) is 33.4 Å². The molecule has 0 fully saturated rings. The van der Waals surface area contributed by atoms with Gasteiger partial charge in [0.1, 0.15) is 11.0 Å². The van der Waals surface area contributed by atoms with Gasteiger partial charge in [-0.1, -0.05) is 29.8 Å². The van der Waals surface area contributed by atoms with E-state index in [1.807, 2.05) is 48.5 Å². The molecule has 1 atom stereocenters. The molecule has 0 amide bonds. The minimum absolute atomic E-state index is 0.234. The number of hydrogen-bond acceptors (Lipinski definition) is 2. The van der Waals surface area contributed by atoms with E-state index in [-0.39, 0.29) is 6.54 Å². The topological polar surface area (TPSA) is 48.1 Å². The summed E-state index contributed by atoms with van der Waals surface area (Å²) in [6, 6.07) is 16.6. The number of nitrogens with one attached hydrogen (secondary N) is 2. The van der Waals surface area contributed by atoms with E-state index in [4.69, 9.17) is 11.6 Å². The monoisotopic (exact) mass is 477 g/mol. The second-order valence-corrected chi connectivity index (χ2v) is 9.53. The van der Waals surface area contributed by atoms with E-state index in [0.717, 1.165) is 32.9 Å². The van der Waals surface area contributed by atoms with Crippen molar-refractivity contribution in [2.45, 2.75) is 24.0 Å². The lowest BCUT2D eigenvalue weighted by molar-refractivity contribution is -0.147. The Kier molecular flexibility index (Phi) is 5.39. The fourth-order valence-electron chi connectivity index (χ4n) is 4.25. The molecule has 2 heterocycles. The quantitative estimate of drug-likeness (QED) is 0.377.